The van der Waals surface area contributed by atoms with E-state index in [2.05, 4.69) is 19.9 Å². The molecule has 1 aliphatic carbocycles. The van der Waals surface area contributed by atoms with Crippen molar-refractivity contribution in [2.45, 2.75) is 57.7 Å². The summed E-state index contributed by atoms with van der Waals surface area (Å²) in [5, 5.41) is 10.9. The molecule has 2 aliphatic heterocycles. The highest BCUT2D eigenvalue weighted by atomic mass is 32.2. The number of aliphatic hydroxyl groups is 1. The highest BCUT2D eigenvalue weighted by Gasteiger charge is 2.43. The molecule has 0 aromatic carbocycles. The standard InChI is InChI=1S/C17H28O2S/c1-12-7-13(2)9-15(8-12)16(18)14-3-5-19-17(10-14)4-6-20-11-17/h7,12,14-16,18H,3-6,8-11H2,1-2H3. The van der Waals surface area contributed by atoms with E-state index in [1.54, 1.807) is 0 Å². The van der Waals surface area contributed by atoms with Crippen molar-refractivity contribution in [3.8, 4) is 0 Å². The van der Waals surface area contributed by atoms with E-state index in [1.165, 1.54) is 17.7 Å². The molecule has 5 atom stereocenters. The van der Waals surface area contributed by atoms with Crippen LogP contribution in [0, 0.1) is 17.8 Å². The normalized spacial score (nSPS) is 43.5. The molecule has 3 rings (SSSR count). The van der Waals surface area contributed by atoms with Crippen LogP contribution in [0.1, 0.15) is 46.0 Å². The SMILES string of the molecule is CC1=CC(C)CC(C(O)C2CCOC3(CCSC3)C2)C1. The van der Waals surface area contributed by atoms with Crippen molar-refractivity contribution >= 4 is 11.8 Å². The summed E-state index contributed by atoms with van der Waals surface area (Å²) in [7, 11) is 0. The first-order chi connectivity index (χ1) is 9.58. The van der Waals surface area contributed by atoms with E-state index in [9.17, 15) is 5.11 Å². The highest BCUT2D eigenvalue weighted by molar-refractivity contribution is 7.99. The van der Waals surface area contributed by atoms with E-state index in [4.69, 9.17) is 4.74 Å². The second-order valence-electron chi connectivity index (χ2n) is 7.27. The lowest BCUT2D eigenvalue weighted by Crippen LogP contribution is -2.45. The Bertz CT molecular complexity index is 373. The zero-order chi connectivity index (χ0) is 14.2. The Morgan fingerprint density at radius 2 is 2.30 bits per heavy atom. The van der Waals surface area contributed by atoms with Crippen molar-refractivity contribution in [3.05, 3.63) is 11.6 Å². The van der Waals surface area contributed by atoms with Gasteiger partial charge in [-0.05, 0) is 62.5 Å². The third-order valence-corrected chi connectivity index (χ3v) is 6.61. The molecule has 0 aromatic rings. The number of allylic oxidation sites excluding steroid dienone is 2. The van der Waals surface area contributed by atoms with Gasteiger partial charge < -0.3 is 9.84 Å². The second-order valence-corrected chi connectivity index (χ2v) is 8.37. The number of hydrogen-bond donors (Lipinski definition) is 1. The molecular weight excluding hydrogens is 268 g/mol. The van der Waals surface area contributed by atoms with Gasteiger partial charge in [-0.3, -0.25) is 0 Å². The van der Waals surface area contributed by atoms with Gasteiger partial charge in [-0.1, -0.05) is 18.6 Å². The lowest BCUT2D eigenvalue weighted by molar-refractivity contribution is -0.110. The van der Waals surface area contributed by atoms with Crippen molar-refractivity contribution in [2.24, 2.45) is 17.8 Å². The summed E-state index contributed by atoms with van der Waals surface area (Å²) < 4.78 is 6.09. The van der Waals surface area contributed by atoms with Gasteiger partial charge in [-0.15, -0.1) is 0 Å². The van der Waals surface area contributed by atoms with E-state index in [0.717, 1.165) is 38.0 Å². The highest BCUT2D eigenvalue weighted by Crippen LogP contribution is 2.43. The minimum Gasteiger partial charge on any atom is -0.393 e. The van der Waals surface area contributed by atoms with Gasteiger partial charge in [-0.2, -0.15) is 11.8 Å². The van der Waals surface area contributed by atoms with Crippen molar-refractivity contribution in [2.75, 3.05) is 18.1 Å². The molecule has 3 heteroatoms. The van der Waals surface area contributed by atoms with Crippen LogP contribution in [0.2, 0.25) is 0 Å². The van der Waals surface area contributed by atoms with E-state index < -0.39 is 0 Å². The molecule has 20 heavy (non-hydrogen) atoms. The molecule has 0 bridgehead atoms. The third-order valence-electron chi connectivity index (χ3n) is 5.39. The molecule has 0 saturated carbocycles. The molecule has 1 N–H and O–H groups in total. The molecule has 2 nitrogen and oxygen atoms in total. The second kappa shape index (κ2) is 6.02. The van der Waals surface area contributed by atoms with Gasteiger partial charge in [0, 0.05) is 12.4 Å². The molecule has 0 aromatic heterocycles. The molecule has 0 amide bonds. The van der Waals surface area contributed by atoms with Gasteiger partial charge in [0.25, 0.3) is 0 Å². The Kier molecular flexibility index (Phi) is 4.49. The monoisotopic (exact) mass is 296 g/mol. The number of aliphatic hydroxyl groups excluding tert-OH is 1. The summed E-state index contributed by atoms with van der Waals surface area (Å²) in [5.74, 6) is 3.90. The summed E-state index contributed by atoms with van der Waals surface area (Å²) in [6.45, 7) is 5.34. The number of hydrogen-bond acceptors (Lipinski definition) is 3. The molecule has 5 unspecified atom stereocenters. The molecule has 2 saturated heterocycles. The fourth-order valence-electron chi connectivity index (χ4n) is 4.46. The number of thioether (sulfide) groups is 1. The van der Waals surface area contributed by atoms with Gasteiger partial charge in [-0.25, -0.2) is 0 Å². The van der Waals surface area contributed by atoms with E-state index >= 15 is 0 Å². The van der Waals surface area contributed by atoms with Gasteiger partial charge in [0.15, 0.2) is 0 Å². The molecule has 0 radical (unpaired) electrons. The fourth-order valence-corrected chi connectivity index (χ4v) is 5.84. The Morgan fingerprint density at radius 3 is 3.00 bits per heavy atom. The maximum atomic E-state index is 10.9. The van der Waals surface area contributed by atoms with E-state index in [-0.39, 0.29) is 11.7 Å². The van der Waals surface area contributed by atoms with Crippen LogP contribution >= 0.6 is 11.8 Å². The Balaban J connectivity index is 1.64. The molecule has 3 aliphatic rings. The van der Waals surface area contributed by atoms with Crippen molar-refractivity contribution in [1.82, 2.24) is 0 Å². The van der Waals surface area contributed by atoms with Crippen LogP contribution in [0.3, 0.4) is 0 Å². The summed E-state index contributed by atoms with van der Waals surface area (Å²) in [4.78, 5) is 0. The van der Waals surface area contributed by atoms with Crippen LogP contribution < -0.4 is 0 Å². The zero-order valence-electron chi connectivity index (χ0n) is 12.8. The molecule has 114 valence electrons. The maximum Gasteiger partial charge on any atom is 0.0783 e. The van der Waals surface area contributed by atoms with Gasteiger partial charge >= 0.3 is 0 Å². The summed E-state index contributed by atoms with van der Waals surface area (Å²) in [6, 6.07) is 0. The average Bonchev–Trinajstić information content (AvgIpc) is 2.85. The minimum atomic E-state index is -0.132. The maximum absolute atomic E-state index is 10.9. The average molecular weight is 296 g/mol. The quantitative estimate of drug-likeness (QED) is 0.789. The fraction of sp³-hybridized carbons (Fsp3) is 0.882. The van der Waals surface area contributed by atoms with Crippen molar-refractivity contribution in [3.63, 3.8) is 0 Å². The Morgan fingerprint density at radius 1 is 1.45 bits per heavy atom. The lowest BCUT2D eigenvalue weighted by atomic mass is 9.73. The number of rotatable bonds is 2. The summed E-state index contributed by atoms with van der Waals surface area (Å²) in [5.41, 5.74) is 1.56. The first kappa shape index (κ1) is 14.9. The Hall–Kier alpha value is 0.0100. The van der Waals surface area contributed by atoms with Crippen LogP contribution in [0.25, 0.3) is 0 Å². The zero-order valence-corrected chi connectivity index (χ0v) is 13.6. The van der Waals surface area contributed by atoms with Crippen LogP contribution in [0.4, 0.5) is 0 Å². The summed E-state index contributed by atoms with van der Waals surface area (Å²) in [6.07, 6.45) is 7.79. The van der Waals surface area contributed by atoms with Crippen molar-refractivity contribution < 1.29 is 9.84 Å². The van der Waals surface area contributed by atoms with Crippen LogP contribution in [-0.4, -0.2) is 34.9 Å². The van der Waals surface area contributed by atoms with Crippen LogP contribution in [0.5, 0.6) is 0 Å². The lowest BCUT2D eigenvalue weighted by Gasteiger charge is -2.42. The molecule has 2 fully saturated rings. The summed E-state index contributed by atoms with van der Waals surface area (Å²) >= 11 is 2.01. The molecule has 1 spiro atoms. The topological polar surface area (TPSA) is 29.5 Å². The van der Waals surface area contributed by atoms with E-state index in [1.807, 2.05) is 11.8 Å². The smallest absolute Gasteiger partial charge is 0.0783 e. The van der Waals surface area contributed by atoms with Crippen LogP contribution in [0.15, 0.2) is 11.6 Å². The van der Waals surface area contributed by atoms with Crippen molar-refractivity contribution in [1.29, 1.82) is 0 Å². The number of ether oxygens (including phenoxy) is 1. The predicted octanol–water partition coefficient (Wildman–Crippen LogP) is 3.64. The Labute approximate surface area is 127 Å². The van der Waals surface area contributed by atoms with Gasteiger partial charge in [0.1, 0.15) is 0 Å². The molecule has 2 heterocycles. The molecular formula is C17H28O2S. The largest absolute Gasteiger partial charge is 0.393 e. The van der Waals surface area contributed by atoms with E-state index in [0.29, 0.717) is 17.8 Å². The van der Waals surface area contributed by atoms with Gasteiger partial charge in [0.2, 0.25) is 0 Å². The first-order valence-electron chi connectivity index (χ1n) is 8.15. The first-order valence-corrected chi connectivity index (χ1v) is 9.30. The predicted molar refractivity (Wildman–Crippen MR) is 85.0 cm³/mol. The minimum absolute atomic E-state index is 0.0970. The van der Waals surface area contributed by atoms with Crippen LogP contribution in [-0.2, 0) is 4.74 Å². The third kappa shape index (κ3) is 3.10. The van der Waals surface area contributed by atoms with Gasteiger partial charge in [0.05, 0.1) is 11.7 Å².